The number of sulfone groups is 1. The van der Waals surface area contributed by atoms with Crippen molar-refractivity contribution < 1.29 is 13.2 Å². The summed E-state index contributed by atoms with van der Waals surface area (Å²) < 4.78 is 23.2. The lowest BCUT2D eigenvalue weighted by Crippen LogP contribution is -2.41. The van der Waals surface area contributed by atoms with E-state index >= 15 is 0 Å². The summed E-state index contributed by atoms with van der Waals surface area (Å²) in [7, 11) is -2.96. The van der Waals surface area contributed by atoms with Gasteiger partial charge in [0.2, 0.25) is 5.91 Å². The third kappa shape index (κ3) is 4.29. The highest BCUT2D eigenvalue weighted by atomic mass is 32.2. The normalized spacial score (nSPS) is 20.5. The summed E-state index contributed by atoms with van der Waals surface area (Å²) in [5, 5.41) is 3.03. The quantitative estimate of drug-likeness (QED) is 0.794. The van der Waals surface area contributed by atoms with E-state index in [-0.39, 0.29) is 23.5 Å². The van der Waals surface area contributed by atoms with Crippen LogP contribution in [0, 0.1) is 0 Å². The van der Waals surface area contributed by atoms with Gasteiger partial charge in [0.05, 0.1) is 22.2 Å². The minimum Gasteiger partial charge on any atom is -0.339 e. The average Bonchev–Trinajstić information content (AvgIpc) is 3.04. The smallest absolute Gasteiger partial charge is 0.223 e. The van der Waals surface area contributed by atoms with Crippen molar-refractivity contribution in [3.63, 3.8) is 0 Å². The number of amides is 1. The largest absolute Gasteiger partial charge is 0.339 e. The van der Waals surface area contributed by atoms with Crippen molar-refractivity contribution in [2.75, 3.05) is 18.1 Å². The third-order valence-corrected chi connectivity index (χ3v) is 6.70. The second kappa shape index (κ2) is 7.08. The van der Waals surface area contributed by atoms with E-state index in [2.05, 4.69) is 18.8 Å². The van der Waals surface area contributed by atoms with Crippen LogP contribution in [0.4, 0.5) is 0 Å². The van der Waals surface area contributed by atoms with Crippen molar-refractivity contribution in [1.29, 1.82) is 0 Å². The van der Waals surface area contributed by atoms with Gasteiger partial charge in [-0.25, -0.2) is 13.4 Å². The molecule has 22 heavy (non-hydrogen) atoms. The van der Waals surface area contributed by atoms with E-state index in [0.29, 0.717) is 31.7 Å². The molecular formula is C15H24N2O3S2. The van der Waals surface area contributed by atoms with Crippen molar-refractivity contribution >= 4 is 27.1 Å². The van der Waals surface area contributed by atoms with E-state index in [9.17, 15) is 13.2 Å². The van der Waals surface area contributed by atoms with Crippen molar-refractivity contribution in [3.05, 3.63) is 16.1 Å². The Bertz CT molecular complexity index is 622. The van der Waals surface area contributed by atoms with Gasteiger partial charge >= 0.3 is 0 Å². The van der Waals surface area contributed by atoms with Gasteiger partial charge in [-0.05, 0) is 19.3 Å². The molecule has 124 valence electrons. The van der Waals surface area contributed by atoms with Gasteiger partial charge in [-0.3, -0.25) is 4.79 Å². The van der Waals surface area contributed by atoms with Crippen LogP contribution in [-0.4, -0.2) is 48.3 Å². The number of carbonyl (C=O) groups excluding carboxylic acids is 1. The molecule has 1 unspecified atom stereocenters. The first-order chi connectivity index (χ1) is 10.3. The van der Waals surface area contributed by atoms with Crippen LogP contribution >= 0.6 is 11.3 Å². The average molecular weight is 345 g/mol. The monoisotopic (exact) mass is 344 g/mol. The summed E-state index contributed by atoms with van der Waals surface area (Å²) >= 11 is 1.59. The summed E-state index contributed by atoms with van der Waals surface area (Å²) in [5.74, 6) is 0.745. The summed E-state index contributed by atoms with van der Waals surface area (Å²) in [6.45, 7) is 6.67. The van der Waals surface area contributed by atoms with E-state index in [1.54, 1.807) is 16.2 Å². The summed E-state index contributed by atoms with van der Waals surface area (Å²) in [4.78, 5) is 18.7. The zero-order valence-corrected chi connectivity index (χ0v) is 15.0. The molecular weight excluding hydrogens is 320 g/mol. The molecule has 1 fully saturated rings. The molecule has 1 amide bonds. The predicted octanol–water partition coefficient (Wildman–Crippen LogP) is 2.23. The first-order valence-electron chi connectivity index (χ1n) is 7.76. The second-order valence-electron chi connectivity index (χ2n) is 6.06. The van der Waals surface area contributed by atoms with Crippen molar-refractivity contribution in [3.8, 4) is 0 Å². The van der Waals surface area contributed by atoms with Gasteiger partial charge in [-0.15, -0.1) is 11.3 Å². The van der Waals surface area contributed by atoms with Crippen molar-refractivity contribution in [2.24, 2.45) is 0 Å². The highest BCUT2D eigenvalue weighted by Crippen LogP contribution is 2.21. The first kappa shape index (κ1) is 17.4. The molecule has 1 aliphatic rings. The lowest BCUT2D eigenvalue weighted by atomic mass is 10.1. The van der Waals surface area contributed by atoms with Crippen LogP contribution < -0.4 is 0 Å². The number of nitrogens with zero attached hydrogens (tertiary/aromatic N) is 2. The summed E-state index contributed by atoms with van der Waals surface area (Å²) in [5.41, 5.74) is 1.07. The topological polar surface area (TPSA) is 67.3 Å². The molecule has 0 aromatic carbocycles. The van der Waals surface area contributed by atoms with Crippen LogP contribution in [0.1, 0.15) is 50.2 Å². The minimum absolute atomic E-state index is 0.0332. The Balaban J connectivity index is 1.92. The number of thiazole rings is 1. The molecule has 1 aliphatic heterocycles. The number of hydrogen-bond acceptors (Lipinski definition) is 5. The lowest BCUT2D eigenvalue weighted by Gasteiger charge is -2.26. The number of carbonyl (C=O) groups is 1. The minimum atomic E-state index is -2.96. The number of aryl methyl sites for hydroxylation is 1. The highest BCUT2D eigenvalue weighted by molar-refractivity contribution is 7.91. The molecule has 0 spiro atoms. The SMILES string of the molecule is CCN(C(=O)CCc1nc(C(C)C)cs1)C1CCS(=O)(=O)C1. The Morgan fingerprint density at radius 3 is 2.73 bits per heavy atom. The maximum atomic E-state index is 12.4. The van der Waals surface area contributed by atoms with Crippen LogP contribution in [0.2, 0.25) is 0 Å². The molecule has 0 N–H and O–H groups in total. The van der Waals surface area contributed by atoms with Crippen LogP contribution in [0.25, 0.3) is 0 Å². The van der Waals surface area contributed by atoms with Crippen molar-refractivity contribution in [1.82, 2.24) is 9.88 Å². The molecule has 0 radical (unpaired) electrons. The van der Waals surface area contributed by atoms with Crippen LogP contribution in [0.5, 0.6) is 0 Å². The molecule has 0 saturated carbocycles. The zero-order valence-electron chi connectivity index (χ0n) is 13.4. The molecule has 7 heteroatoms. The van der Waals surface area contributed by atoms with Crippen molar-refractivity contribution in [2.45, 2.75) is 52.0 Å². The van der Waals surface area contributed by atoms with Crippen LogP contribution in [0.3, 0.4) is 0 Å². The Morgan fingerprint density at radius 1 is 1.50 bits per heavy atom. The van der Waals surface area contributed by atoms with Gasteiger partial charge in [0, 0.05) is 30.8 Å². The molecule has 1 aromatic rings. The summed E-state index contributed by atoms with van der Waals surface area (Å²) in [6, 6.07) is -0.148. The van der Waals surface area contributed by atoms with Gasteiger partial charge < -0.3 is 4.90 Å². The Kier molecular flexibility index (Phi) is 5.60. The highest BCUT2D eigenvalue weighted by Gasteiger charge is 2.33. The third-order valence-electron chi connectivity index (χ3n) is 4.02. The Labute approximate surface area is 136 Å². The molecule has 2 heterocycles. The maximum Gasteiger partial charge on any atom is 0.223 e. The molecule has 0 bridgehead atoms. The molecule has 5 nitrogen and oxygen atoms in total. The predicted molar refractivity (Wildman–Crippen MR) is 89.0 cm³/mol. The molecule has 1 saturated heterocycles. The van der Waals surface area contributed by atoms with Gasteiger partial charge in [0.25, 0.3) is 0 Å². The van der Waals surface area contributed by atoms with E-state index < -0.39 is 9.84 Å². The van der Waals surface area contributed by atoms with E-state index in [1.807, 2.05) is 12.3 Å². The van der Waals surface area contributed by atoms with Gasteiger partial charge in [-0.1, -0.05) is 13.8 Å². The van der Waals surface area contributed by atoms with E-state index in [0.717, 1.165) is 10.7 Å². The van der Waals surface area contributed by atoms with E-state index in [1.165, 1.54) is 0 Å². The number of aromatic nitrogens is 1. The fourth-order valence-corrected chi connectivity index (χ4v) is 5.41. The lowest BCUT2D eigenvalue weighted by molar-refractivity contribution is -0.132. The van der Waals surface area contributed by atoms with E-state index in [4.69, 9.17) is 0 Å². The zero-order chi connectivity index (χ0) is 16.3. The molecule has 2 rings (SSSR count). The first-order valence-corrected chi connectivity index (χ1v) is 10.5. The second-order valence-corrected chi connectivity index (χ2v) is 9.23. The molecule has 1 atom stereocenters. The Morgan fingerprint density at radius 2 is 2.23 bits per heavy atom. The molecule has 0 aliphatic carbocycles. The van der Waals surface area contributed by atoms with Gasteiger partial charge in [0.15, 0.2) is 9.84 Å². The number of hydrogen-bond donors (Lipinski definition) is 0. The fourth-order valence-electron chi connectivity index (χ4n) is 2.72. The fraction of sp³-hybridized carbons (Fsp3) is 0.733. The van der Waals surface area contributed by atoms with Gasteiger partial charge in [-0.2, -0.15) is 0 Å². The maximum absolute atomic E-state index is 12.4. The molecule has 1 aromatic heterocycles. The van der Waals surface area contributed by atoms with Crippen LogP contribution in [0.15, 0.2) is 5.38 Å². The summed E-state index contributed by atoms with van der Waals surface area (Å²) in [6.07, 6.45) is 1.60. The van der Waals surface area contributed by atoms with Gasteiger partial charge in [0.1, 0.15) is 0 Å². The number of rotatable bonds is 6. The standard InChI is InChI=1S/C15H24N2O3S2/c1-4-17(12-7-8-22(19,20)10-12)15(18)6-5-14-16-13(9-21-14)11(2)3/h9,11-12H,4-8,10H2,1-3H3. The van der Waals surface area contributed by atoms with Crippen LogP contribution in [-0.2, 0) is 21.1 Å². The Hall–Kier alpha value is -0.950.